The Labute approximate surface area is 185 Å². The summed E-state index contributed by atoms with van der Waals surface area (Å²) in [4.78, 5) is 23.1. The van der Waals surface area contributed by atoms with E-state index < -0.39 is 15.5 Å². The standard InChI is InChI=1S/C21H24ClN5O4/c1-5-25-19-10-17(22)14(8-16(19)13(2)11-21(25,3)4)12-23-24-18-7-6-15(26(28)29)9-20(18)27(30)31/h6-10,12-13,24H,5,11H2,1-4H3/b23-12-. The predicted molar refractivity (Wildman–Crippen MR) is 123 cm³/mol. The molecule has 31 heavy (non-hydrogen) atoms. The first-order chi connectivity index (χ1) is 14.5. The third-order valence-electron chi connectivity index (χ3n) is 5.60. The first kappa shape index (κ1) is 22.5. The molecule has 0 amide bonds. The average Bonchev–Trinajstić information content (AvgIpc) is 2.68. The molecule has 0 fully saturated rings. The molecule has 0 radical (unpaired) electrons. The van der Waals surface area contributed by atoms with Crippen molar-refractivity contribution in [1.82, 2.24) is 0 Å². The Morgan fingerprint density at radius 1 is 1.26 bits per heavy atom. The summed E-state index contributed by atoms with van der Waals surface area (Å²) in [7, 11) is 0. The van der Waals surface area contributed by atoms with Crippen molar-refractivity contribution in [3.8, 4) is 0 Å². The van der Waals surface area contributed by atoms with E-state index in [2.05, 4.69) is 43.1 Å². The Kier molecular flexibility index (Phi) is 6.17. The van der Waals surface area contributed by atoms with Gasteiger partial charge in [0.1, 0.15) is 5.69 Å². The van der Waals surface area contributed by atoms with Gasteiger partial charge in [-0.05, 0) is 56.9 Å². The number of nitrogens with one attached hydrogen (secondary N) is 1. The first-order valence-electron chi connectivity index (χ1n) is 9.88. The number of anilines is 2. The minimum Gasteiger partial charge on any atom is -0.366 e. The summed E-state index contributed by atoms with van der Waals surface area (Å²) < 4.78 is 0. The average molecular weight is 446 g/mol. The van der Waals surface area contributed by atoms with Gasteiger partial charge in [-0.15, -0.1) is 0 Å². The topological polar surface area (TPSA) is 114 Å². The second-order valence-corrected chi connectivity index (χ2v) is 8.59. The van der Waals surface area contributed by atoms with Crippen LogP contribution in [0.5, 0.6) is 0 Å². The van der Waals surface area contributed by atoms with E-state index in [0.717, 1.165) is 24.7 Å². The third-order valence-corrected chi connectivity index (χ3v) is 5.93. The molecule has 1 N–H and O–H groups in total. The number of hydrogen-bond donors (Lipinski definition) is 1. The van der Waals surface area contributed by atoms with Crippen LogP contribution in [0.25, 0.3) is 0 Å². The molecule has 0 saturated carbocycles. The molecule has 1 unspecified atom stereocenters. The molecule has 2 aromatic carbocycles. The lowest BCUT2D eigenvalue weighted by molar-refractivity contribution is -0.393. The summed E-state index contributed by atoms with van der Waals surface area (Å²) in [5.41, 5.74) is 4.83. The molecule has 0 spiro atoms. The Bertz CT molecular complexity index is 1070. The zero-order valence-corrected chi connectivity index (χ0v) is 18.5. The van der Waals surface area contributed by atoms with Gasteiger partial charge in [0, 0.05) is 29.4 Å². The molecule has 2 aromatic rings. The van der Waals surface area contributed by atoms with Gasteiger partial charge in [-0.2, -0.15) is 5.10 Å². The molecule has 1 atom stereocenters. The number of benzene rings is 2. The highest BCUT2D eigenvalue weighted by atomic mass is 35.5. The molecule has 1 heterocycles. The summed E-state index contributed by atoms with van der Waals surface area (Å²) in [5, 5.41) is 26.7. The van der Waals surface area contributed by atoms with Gasteiger partial charge < -0.3 is 4.90 Å². The monoisotopic (exact) mass is 445 g/mol. The highest BCUT2D eigenvalue weighted by molar-refractivity contribution is 6.33. The van der Waals surface area contributed by atoms with Crippen LogP contribution in [0.15, 0.2) is 35.4 Å². The van der Waals surface area contributed by atoms with Gasteiger partial charge >= 0.3 is 5.69 Å². The molecule has 164 valence electrons. The van der Waals surface area contributed by atoms with Crippen molar-refractivity contribution in [3.05, 3.63) is 66.7 Å². The van der Waals surface area contributed by atoms with Crippen molar-refractivity contribution in [2.45, 2.75) is 45.6 Å². The van der Waals surface area contributed by atoms with Crippen LogP contribution in [0, 0.1) is 20.2 Å². The molecule has 1 aliphatic heterocycles. The molecule has 0 saturated heterocycles. The largest absolute Gasteiger partial charge is 0.366 e. The van der Waals surface area contributed by atoms with Gasteiger partial charge in [-0.3, -0.25) is 25.7 Å². The van der Waals surface area contributed by atoms with Crippen LogP contribution >= 0.6 is 11.6 Å². The zero-order valence-electron chi connectivity index (χ0n) is 17.8. The Balaban J connectivity index is 1.90. The first-order valence-corrected chi connectivity index (χ1v) is 10.3. The molecule has 0 aromatic heterocycles. The maximum atomic E-state index is 11.3. The van der Waals surface area contributed by atoms with E-state index in [1.165, 1.54) is 23.9 Å². The van der Waals surface area contributed by atoms with E-state index in [0.29, 0.717) is 16.5 Å². The van der Waals surface area contributed by atoms with Crippen LogP contribution in [0.2, 0.25) is 5.02 Å². The van der Waals surface area contributed by atoms with Crippen LogP contribution in [-0.4, -0.2) is 28.1 Å². The third kappa shape index (κ3) is 4.46. The number of nitro benzene ring substituents is 2. The van der Waals surface area contributed by atoms with Crippen molar-refractivity contribution in [2.75, 3.05) is 16.9 Å². The molecule has 10 heteroatoms. The van der Waals surface area contributed by atoms with Crippen LogP contribution in [0.3, 0.4) is 0 Å². The van der Waals surface area contributed by atoms with E-state index >= 15 is 0 Å². The minimum absolute atomic E-state index is 0.0243. The smallest absolute Gasteiger partial charge is 0.301 e. The summed E-state index contributed by atoms with van der Waals surface area (Å²) in [6.45, 7) is 9.61. The van der Waals surface area contributed by atoms with Crippen LogP contribution in [0.4, 0.5) is 22.7 Å². The zero-order chi connectivity index (χ0) is 22.9. The van der Waals surface area contributed by atoms with Gasteiger partial charge in [0.05, 0.1) is 27.2 Å². The summed E-state index contributed by atoms with van der Waals surface area (Å²) in [6.07, 6.45) is 2.50. The molecule has 1 aliphatic rings. The molecule has 9 nitrogen and oxygen atoms in total. The number of fused-ring (bicyclic) bond motifs is 1. The van der Waals surface area contributed by atoms with Crippen molar-refractivity contribution >= 4 is 40.6 Å². The maximum Gasteiger partial charge on any atom is 0.301 e. The number of nitro groups is 2. The lowest BCUT2D eigenvalue weighted by Crippen LogP contribution is -2.48. The highest BCUT2D eigenvalue weighted by Crippen LogP contribution is 2.44. The van der Waals surface area contributed by atoms with Gasteiger partial charge in [0.15, 0.2) is 0 Å². The molecule has 0 bridgehead atoms. The Morgan fingerprint density at radius 2 is 1.97 bits per heavy atom. The van der Waals surface area contributed by atoms with Gasteiger partial charge in [-0.25, -0.2) is 0 Å². The van der Waals surface area contributed by atoms with Crippen LogP contribution in [-0.2, 0) is 0 Å². The lowest BCUT2D eigenvalue weighted by atomic mass is 9.79. The quantitative estimate of drug-likeness (QED) is 0.345. The van der Waals surface area contributed by atoms with E-state index in [-0.39, 0.29) is 16.9 Å². The second kappa shape index (κ2) is 8.50. The lowest BCUT2D eigenvalue weighted by Gasteiger charge is -2.47. The predicted octanol–water partition coefficient (Wildman–Crippen LogP) is 5.71. The van der Waals surface area contributed by atoms with Gasteiger partial charge in [0.25, 0.3) is 5.69 Å². The fourth-order valence-corrected chi connectivity index (χ4v) is 4.48. The van der Waals surface area contributed by atoms with E-state index in [9.17, 15) is 20.2 Å². The fraction of sp³-hybridized carbons (Fsp3) is 0.381. The van der Waals surface area contributed by atoms with Crippen molar-refractivity contribution in [1.29, 1.82) is 0 Å². The van der Waals surface area contributed by atoms with Gasteiger partial charge in [0.2, 0.25) is 0 Å². The number of halogens is 1. The normalized spacial score (nSPS) is 17.5. The van der Waals surface area contributed by atoms with E-state index in [4.69, 9.17) is 11.6 Å². The Hall–Kier alpha value is -3.20. The van der Waals surface area contributed by atoms with E-state index in [1.807, 2.05) is 12.1 Å². The highest BCUT2D eigenvalue weighted by Gasteiger charge is 2.35. The molecular formula is C21H24ClN5O4. The SMILES string of the molecule is CCN1c2cc(Cl)c(/C=N\Nc3ccc([N+](=O)[O-])cc3[N+](=O)[O-])cc2C(C)CC1(C)C. The second-order valence-electron chi connectivity index (χ2n) is 8.18. The van der Waals surface area contributed by atoms with Crippen molar-refractivity contribution in [3.63, 3.8) is 0 Å². The molecule has 3 rings (SSSR count). The Morgan fingerprint density at radius 3 is 2.58 bits per heavy atom. The number of rotatable bonds is 6. The molecule has 0 aliphatic carbocycles. The number of non-ortho nitro benzene ring substituents is 1. The van der Waals surface area contributed by atoms with Crippen LogP contribution < -0.4 is 10.3 Å². The van der Waals surface area contributed by atoms with Crippen LogP contribution in [0.1, 0.15) is 51.2 Å². The number of hydrogen-bond acceptors (Lipinski definition) is 7. The number of hydrazone groups is 1. The van der Waals surface area contributed by atoms with Gasteiger partial charge in [-0.1, -0.05) is 18.5 Å². The molecular weight excluding hydrogens is 422 g/mol. The fourth-order valence-electron chi connectivity index (χ4n) is 4.27. The number of nitrogens with zero attached hydrogens (tertiary/aromatic N) is 4. The summed E-state index contributed by atoms with van der Waals surface area (Å²) in [5.74, 6) is 0.334. The van der Waals surface area contributed by atoms with Crippen molar-refractivity contribution in [2.24, 2.45) is 5.10 Å². The van der Waals surface area contributed by atoms with Crippen molar-refractivity contribution < 1.29 is 9.85 Å². The van der Waals surface area contributed by atoms with E-state index in [1.54, 1.807) is 0 Å². The summed E-state index contributed by atoms with van der Waals surface area (Å²) >= 11 is 6.51. The maximum absolute atomic E-state index is 11.3. The minimum atomic E-state index is -0.695. The summed E-state index contributed by atoms with van der Waals surface area (Å²) in [6, 6.07) is 7.26.